The topological polar surface area (TPSA) is 116 Å². The van der Waals surface area contributed by atoms with Gasteiger partial charge in [0, 0.05) is 55.4 Å². The number of ether oxygens (including phenoxy) is 1. The van der Waals surface area contributed by atoms with Gasteiger partial charge in [-0.2, -0.15) is 0 Å². The number of anilines is 4. The number of nitrogens with one attached hydrogen (secondary N) is 3. The number of benzene rings is 1. The van der Waals surface area contributed by atoms with Crippen LogP contribution >= 0.6 is 0 Å². The number of hydrogen-bond donors (Lipinski definition) is 4. The van der Waals surface area contributed by atoms with E-state index in [1.54, 1.807) is 6.07 Å². The predicted molar refractivity (Wildman–Crippen MR) is 117 cm³/mol. The van der Waals surface area contributed by atoms with Gasteiger partial charge < -0.3 is 31.4 Å². The van der Waals surface area contributed by atoms with Crippen LogP contribution in [0.3, 0.4) is 0 Å². The second kappa shape index (κ2) is 9.88. The lowest BCUT2D eigenvalue weighted by Crippen LogP contribution is -2.36. The van der Waals surface area contributed by atoms with Crippen molar-refractivity contribution in [3.05, 3.63) is 42.1 Å². The molecule has 2 aromatic rings. The maximum Gasteiger partial charge on any atom is 0.252 e. The van der Waals surface area contributed by atoms with Crippen LogP contribution in [0, 0.1) is 11.3 Å². The number of amides is 1. The summed E-state index contributed by atoms with van der Waals surface area (Å²) in [4.78, 5) is 18.3. The summed E-state index contributed by atoms with van der Waals surface area (Å²) in [5.74, 6) is 0.164. The molecule has 0 radical (unpaired) electrons. The van der Waals surface area contributed by atoms with E-state index in [9.17, 15) is 4.79 Å². The lowest BCUT2D eigenvalue weighted by atomic mass is 10.1. The van der Waals surface area contributed by atoms with E-state index in [1.165, 1.54) is 12.4 Å². The normalized spacial score (nSPS) is 14.9. The van der Waals surface area contributed by atoms with Gasteiger partial charge >= 0.3 is 0 Å². The maximum atomic E-state index is 11.7. The minimum absolute atomic E-state index is 0.0908. The highest BCUT2D eigenvalue weighted by Gasteiger charge is 2.13. The Morgan fingerprint density at radius 3 is 2.69 bits per heavy atom. The molecule has 8 heteroatoms. The van der Waals surface area contributed by atoms with Crippen LogP contribution in [0.4, 0.5) is 22.9 Å². The summed E-state index contributed by atoms with van der Waals surface area (Å²) in [6.07, 6.45) is 3.72. The molecule has 1 saturated heterocycles. The summed E-state index contributed by atoms with van der Waals surface area (Å²) in [6, 6.07) is 9.92. The molecule has 1 aromatic heterocycles. The lowest BCUT2D eigenvalue weighted by molar-refractivity contribution is 0.100. The molecule has 2 heterocycles. The molecule has 0 spiro atoms. The highest BCUT2D eigenvalue weighted by atomic mass is 16.5. The Balaban J connectivity index is 1.72. The minimum atomic E-state index is -0.538. The Morgan fingerprint density at radius 2 is 2.07 bits per heavy atom. The van der Waals surface area contributed by atoms with E-state index in [0.29, 0.717) is 23.6 Å². The summed E-state index contributed by atoms with van der Waals surface area (Å²) in [7, 11) is 0. The van der Waals surface area contributed by atoms with Gasteiger partial charge in [-0.15, -0.1) is 0 Å². The molecule has 1 amide bonds. The average Bonchev–Trinajstić information content (AvgIpc) is 2.75. The first-order valence-electron chi connectivity index (χ1n) is 9.84. The van der Waals surface area contributed by atoms with Crippen molar-refractivity contribution < 1.29 is 9.53 Å². The first-order chi connectivity index (χ1) is 14.1. The van der Waals surface area contributed by atoms with Gasteiger partial charge in [0.25, 0.3) is 5.91 Å². The predicted octanol–water partition coefficient (Wildman–Crippen LogP) is 2.85. The third kappa shape index (κ3) is 5.45. The second-order valence-corrected chi connectivity index (χ2v) is 6.97. The fraction of sp³-hybridized carbons (Fsp3) is 0.381. The fourth-order valence-electron chi connectivity index (χ4n) is 3.15. The Morgan fingerprint density at radius 1 is 1.34 bits per heavy atom. The Bertz CT molecular complexity index is 834. The van der Waals surface area contributed by atoms with Crippen LogP contribution in [0.15, 0.2) is 36.5 Å². The van der Waals surface area contributed by atoms with Gasteiger partial charge in [-0.25, -0.2) is 4.98 Å². The highest BCUT2D eigenvalue weighted by molar-refractivity contribution is 5.98. The van der Waals surface area contributed by atoms with Gasteiger partial charge in [0.05, 0.1) is 24.5 Å². The minimum Gasteiger partial charge on any atom is -0.384 e. The molecule has 0 aliphatic carbocycles. The fourth-order valence-corrected chi connectivity index (χ4v) is 3.15. The van der Waals surface area contributed by atoms with Crippen LogP contribution in [0.2, 0.25) is 0 Å². The van der Waals surface area contributed by atoms with E-state index in [-0.39, 0.29) is 5.92 Å². The standard InChI is InChI=1S/C21H28N6O2/c1-2-15(12-22)13-24-19-11-20(25-14-18(19)21(23)28)26-16-3-5-17(6-4-16)27-7-9-29-10-8-27/h3-6,11-12,14-15,22H,2,7-10,13H2,1H3,(H2,23,28)(H2,24,25,26). The summed E-state index contributed by atoms with van der Waals surface area (Å²) >= 11 is 0. The van der Waals surface area contributed by atoms with Crippen molar-refractivity contribution in [3.8, 4) is 0 Å². The van der Waals surface area contributed by atoms with Crippen LogP contribution in [0.25, 0.3) is 0 Å². The van der Waals surface area contributed by atoms with E-state index in [1.807, 2.05) is 19.1 Å². The van der Waals surface area contributed by atoms with Crippen molar-refractivity contribution in [2.24, 2.45) is 11.7 Å². The van der Waals surface area contributed by atoms with Crippen LogP contribution in [-0.2, 0) is 4.74 Å². The van der Waals surface area contributed by atoms with E-state index < -0.39 is 5.91 Å². The van der Waals surface area contributed by atoms with Gasteiger partial charge in [-0.05, 0) is 30.7 Å². The molecule has 0 saturated carbocycles. The largest absolute Gasteiger partial charge is 0.384 e. The summed E-state index contributed by atoms with van der Waals surface area (Å²) in [5, 5.41) is 13.9. The molecule has 8 nitrogen and oxygen atoms in total. The quantitative estimate of drug-likeness (QED) is 0.484. The van der Waals surface area contributed by atoms with Gasteiger partial charge in [-0.1, -0.05) is 6.92 Å². The van der Waals surface area contributed by atoms with Crippen LogP contribution < -0.4 is 21.3 Å². The summed E-state index contributed by atoms with van der Waals surface area (Å²) < 4.78 is 5.40. The smallest absolute Gasteiger partial charge is 0.252 e. The number of rotatable bonds is 9. The Kier molecular flexibility index (Phi) is 7.02. The molecule has 1 aliphatic heterocycles. The number of nitrogens with two attached hydrogens (primary N) is 1. The van der Waals surface area contributed by atoms with Gasteiger partial charge in [-0.3, -0.25) is 4.79 Å². The number of carbonyl (C=O) groups excluding carboxylic acids is 1. The highest BCUT2D eigenvalue weighted by Crippen LogP contribution is 2.24. The number of hydrogen-bond acceptors (Lipinski definition) is 7. The Labute approximate surface area is 171 Å². The van der Waals surface area contributed by atoms with Crippen LogP contribution in [0.5, 0.6) is 0 Å². The number of carbonyl (C=O) groups is 1. The third-order valence-electron chi connectivity index (χ3n) is 5.00. The number of aromatic nitrogens is 1. The first kappa shape index (κ1) is 20.6. The van der Waals surface area contributed by atoms with Crippen molar-refractivity contribution in [2.45, 2.75) is 13.3 Å². The van der Waals surface area contributed by atoms with E-state index >= 15 is 0 Å². The summed E-state index contributed by atoms with van der Waals surface area (Å²) in [5.41, 5.74) is 8.48. The molecule has 29 heavy (non-hydrogen) atoms. The lowest BCUT2D eigenvalue weighted by Gasteiger charge is -2.28. The maximum absolute atomic E-state index is 11.7. The number of primary amides is 1. The zero-order chi connectivity index (χ0) is 20.6. The molecule has 1 aliphatic rings. The van der Waals surface area contributed by atoms with E-state index in [4.69, 9.17) is 15.9 Å². The molecular weight excluding hydrogens is 368 g/mol. The zero-order valence-electron chi connectivity index (χ0n) is 16.6. The molecule has 1 unspecified atom stereocenters. The molecule has 154 valence electrons. The summed E-state index contributed by atoms with van der Waals surface area (Å²) in [6.45, 7) is 5.87. The van der Waals surface area contributed by atoms with Crippen molar-refractivity contribution in [1.29, 1.82) is 5.41 Å². The van der Waals surface area contributed by atoms with Crippen molar-refractivity contribution in [1.82, 2.24) is 4.98 Å². The van der Waals surface area contributed by atoms with Gasteiger partial charge in [0.2, 0.25) is 0 Å². The third-order valence-corrected chi connectivity index (χ3v) is 5.00. The molecule has 1 aromatic carbocycles. The second-order valence-electron chi connectivity index (χ2n) is 6.97. The number of nitrogens with zero attached hydrogens (tertiary/aromatic N) is 2. The van der Waals surface area contributed by atoms with Crippen molar-refractivity contribution in [3.63, 3.8) is 0 Å². The van der Waals surface area contributed by atoms with Gasteiger partial charge in [0.15, 0.2) is 0 Å². The number of pyridine rings is 1. The van der Waals surface area contributed by atoms with Crippen LogP contribution in [-0.4, -0.2) is 50.0 Å². The zero-order valence-corrected chi connectivity index (χ0v) is 16.6. The van der Waals surface area contributed by atoms with Crippen molar-refractivity contribution >= 4 is 35.0 Å². The van der Waals surface area contributed by atoms with Crippen LogP contribution in [0.1, 0.15) is 23.7 Å². The molecule has 1 atom stereocenters. The first-order valence-corrected chi connectivity index (χ1v) is 9.84. The van der Waals surface area contributed by atoms with Gasteiger partial charge in [0.1, 0.15) is 5.82 Å². The molecular formula is C21H28N6O2. The Hall–Kier alpha value is -3.13. The van der Waals surface area contributed by atoms with Crippen molar-refractivity contribution in [2.75, 3.05) is 48.4 Å². The SMILES string of the molecule is CCC(C=N)CNc1cc(Nc2ccc(N3CCOCC3)cc2)ncc1C(N)=O. The molecule has 3 rings (SSSR count). The van der Waals surface area contributed by atoms with E-state index in [0.717, 1.165) is 44.1 Å². The molecule has 1 fully saturated rings. The number of morpholine rings is 1. The van der Waals surface area contributed by atoms with E-state index in [2.05, 4.69) is 32.7 Å². The molecule has 5 N–H and O–H groups in total. The average molecular weight is 396 g/mol. The monoisotopic (exact) mass is 396 g/mol. The molecule has 0 bridgehead atoms.